The number of rotatable bonds is 6. The molecule has 1 amide bonds. The van der Waals surface area contributed by atoms with Crippen molar-refractivity contribution in [3.05, 3.63) is 85.2 Å². The van der Waals surface area contributed by atoms with Gasteiger partial charge in [-0.15, -0.1) is 0 Å². The second kappa shape index (κ2) is 10.6. The SMILES string of the molecule is COc1ncc(-n2nc3c(c2C(C)C)C(C2=CC=C(Cl)C=C(C)C2)N(c2cc(Cl)c(=O)n(C)c2)C3=O)c(OC)n1. The number of carbonyl (C=O) groups is 1. The number of anilines is 1. The van der Waals surface area contributed by atoms with Crippen LogP contribution in [0, 0.1) is 0 Å². The first-order valence-electron chi connectivity index (χ1n) is 12.6. The van der Waals surface area contributed by atoms with Crippen LogP contribution in [0.15, 0.2) is 57.7 Å². The van der Waals surface area contributed by atoms with Gasteiger partial charge in [-0.25, -0.2) is 9.67 Å². The van der Waals surface area contributed by atoms with Gasteiger partial charge in [0.05, 0.1) is 37.8 Å². The molecule has 12 heteroatoms. The lowest BCUT2D eigenvalue weighted by Crippen LogP contribution is -2.32. The maximum atomic E-state index is 14.2. The minimum atomic E-state index is -0.547. The number of aryl methyl sites for hydroxylation is 1. The number of halogens is 2. The van der Waals surface area contributed by atoms with E-state index in [1.807, 2.05) is 39.0 Å². The monoisotopic (exact) mass is 582 g/mol. The molecule has 1 unspecified atom stereocenters. The van der Waals surface area contributed by atoms with Crippen molar-refractivity contribution in [3.8, 4) is 17.6 Å². The summed E-state index contributed by atoms with van der Waals surface area (Å²) in [7, 11) is 4.57. The summed E-state index contributed by atoms with van der Waals surface area (Å²) in [6, 6.07) is 1.12. The number of methoxy groups -OCH3 is 2. The highest BCUT2D eigenvalue weighted by Crippen LogP contribution is 2.47. The summed E-state index contributed by atoms with van der Waals surface area (Å²) >= 11 is 12.7. The first-order valence-corrected chi connectivity index (χ1v) is 13.3. The number of ether oxygens (including phenoxy) is 2. The van der Waals surface area contributed by atoms with Crippen molar-refractivity contribution in [1.29, 1.82) is 0 Å². The maximum Gasteiger partial charge on any atom is 0.319 e. The van der Waals surface area contributed by atoms with Crippen LogP contribution in [0.5, 0.6) is 11.9 Å². The number of allylic oxidation sites excluding steroid dienone is 5. The summed E-state index contributed by atoms with van der Waals surface area (Å²) in [6.45, 7) is 6.05. The Morgan fingerprint density at radius 3 is 2.52 bits per heavy atom. The summed E-state index contributed by atoms with van der Waals surface area (Å²) in [5.41, 5.74) is 4.38. The molecule has 0 N–H and O–H groups in total. The zero-order chi connectivity index (χ0) is 28.9. The van der Waals surface area contributed by atoms with Crippen LogP contribution >= 0.6 is 23.2 Å². The van der Waals surface area contributed by atoms with E-state index in [1.54, 1.807) is 29.0 Å². The quantitative estimate of drug-likeness (QED) is 0.390. The third kappa shape index (κ3) is 4.61. The highest BCUT2D eigenvalue weighted by atomic mass is 35.5. The number of fused-ring (bicyclic) bond motifs is 1. The number of aromatic nitrogens is 5. The molecule has 0 bridgehead atoms. The lowest BCUT2D eigenvalue weighted by molar-refractivity contribution is 0.0987. The standard InChI is InChI=1S/C28H28Cl2N6O4/c1-14(2)23-21-22(33-36(23)20-12-31-28(40-6)32-25(20)39-5)27(38)35(18-11-19(30)26(37)34(4)13-18)24(21)16-7-8-17(29)10-15(3)9-16/h7-8,10-14,24H,9H2,1-6H3. The third-order valence-electron chi connectivity index (χ3n) is 6.86. The average molecular weight is 583 g/mol. The molecule has 10 nitrogen and oxygen atoms in total. The molecule has 3 aromatic heterocycles. The fraction of sp³-hybridized carbons (Fsp3) is 0.321. The number of amides is 1. The van der Waals surface area contributed by atoms with Gasteiger partial charge in [0, 0.05) is 23.8 Å². The number of carbonyl (C=O) groups excluding carboxylic acids is 1. The van der Waals surface area contributed by atoms with Crippen LogP contribution < -0.4 is 19.9 Å². The number of hydrogen-bond donors (Lipinski definition) is 0. The van der Waals surface area contributed by atoms with Gasteiger partial charge in [0.1, 0.15) is 10.7 Å². The minimum Gasteiger partial charge on any atom is -0.479 e. The van der Waals surface area contributed by atoms with E-state index in [1.165, 1.54) is 24.9 Å². The Hall–Kier alpha value is -3.89. The Balaban J connectivity index is 1.79. The van der Waals surface area contributed by atoms with E-state index in [9.17, 15) is 9.59 Å². The Labute approximate surface area is 241 Å². The summed E-state index contributed by atoms with van der Waals surface area (Å²) in [5, 5.41) is 5.41. The summed E-state index contributed by atoms with van der Waals surface area (Å²) in [6.07, 6.45) is 9.40. The Kier molecular flexibility index (Phi) is 7.32. The van der Waals surface area contributed by atoms with Crippen molar-refractivity contribution in [2.24, 2.45) is 7.05 Å². The van der Waals surface area contributed by atoms with Gasteiger partial charge in [0.2, 0.25) is 5.88 Å². The van der Waals surface area contributed by atoms with Crippen LogP contribution in [0.2, 0.25) is 5.02 Å². The fourth-order valence-corrected chi connectivity index (χ4v) is 5.70. The lowest BCUT2D eigenvalue weighted by atomic mass is 9.91. The molecular formula is C28H28Cl2N6O4. The molecule has 1 atom stereocenters. The third-order valence-corrected chi connectivity index (χ3v) is 7.36. The van der Waals surface area contributed by atoms with Crippen LogP contribution in [-0.2, 0) is 7.05 Å². The van der Waals surface area contributed by atoms with Crippen LogP contribution in [-0.4, -0.2) is 44.4 Å². The zero-order valence-electron chi connectivity index (χ0n) is 22.9. The average Bonchev–Trinajstić information content (AvgIpc) is 3.37. The van der Waals surface area contributed by atoms with Crippen molar-refractivity contribution >= 4 is 34.8 Å². The summed E-state index contributed by atoms with van der Waals surface area (Å²) in [4.78, 5) is 36.8. The molecule has 5 rings (SSSR count). The Morgan fingerprint density at radius 2 is 1.88 bits per heavy atom. The molecule has 0 radical (unpaired) electrons. The lowest BCUT2D eigenvalue weighted by Gasteiger charge is -2.30. The van der Waals surface area contributed by atoms with Crippen LogP contribution in [0.4, 0.5) is 5.69 Å². The van der Waals surface area contributed by atoms with Crippen molar-refractivity contribution in [3.63, 3.8) is 0 Å². The highest BCUT2D eigenvalue weighted by molar-refractivity contribution is 6.31. The molecule has 0 saturated heterocycles. The van der Waals surface area contributed by atoms with Gasteiger partial charge in [-0.05, 0) is 43.1 Å². The molecular weight excluding hydrogens is 555 g/mol. The van der Waals surface area contributed by atoms with E-state index in [0.717, 1.165) is 22.4 Å². The van der Waals surface area contributed by atoms with E-state index in [0.29, 0.717) is 22.8 Å². The predicted octanol–water partition coefficient (Wildman–Crippen LogP) is 5.26. The molecule has 0 spiro atoms. The summed E-state index contributed by atoms with van der Waals surface area (Å²) < 4.78 is 13.7. The zero-order valence-corrected chi connectivity index (χ0v) is 24.4. The largest absolute Gasteiger partial charge is 0.479 e. The second-order valence-electron chi connectivity index (χ2n) is 9.97. The normalized spacial score (nSPS) is 16.9. The number of nitrogens with zero attached hydrogens (tertiary/aromatic N) is 6. The molecule has 3 aromatic rings. The van der Waals surface area contributed by atoms with Crippen molar-refractivity contribution in [1.82, 2.24) is 24.3 Å². The van der Waals surface area contributed by atoms with Crippen molar-refractivity contribution < 1.29 is 14.3 Å². The van der Waals surface area contributed by atoms with Crippen molar-refractivity contribution in [2.75, 3.05) is 19.1 Å². The first-order chi connectivity index (χ1) is 19.0. The molecule has 1 aliphatic heterocycles. The van der Waals surface area contributed by atoms with Gasteiger partial charge < -0.3 is 14.0 Å². The Bertz CT molecular complexity index is 1660. The van der Waals surface area contributed by atoms with Crippen LogP contribution in [0.1, 0.15) is 60.9 Å². The topological polar surface area (TPSA) is 104 Å². The van der Waals surface area contributed by atoms with E-state index < -0.39 is 6.04 Å². The van der Waals surface area contributed by atoms with E-state index in [4.69, 9.17) is 37.8 Å². The fourth-order valence-electron chi connectivity index (χ4n) is 5.20. The first kappa shape index (κ1) is 27.7. The molecule has 208 valence electrons. The van der Waals surface area contributed by atoms with E-state index >= 15 is 0 Å². The van der Waals surface area contributed by atoms with Crippen molar-refractivity contribution in [2.45, 2.75) is 39.2 Å². The molecule has 1 aliphatic carbocycles. The predicted molar refractivity (Wildman–Crippen MR) is 153 cm³/mol. The maximum absolute atomic E-state index is 14.2. The number of pyridine rings is 1. The van der Waals surface area contributed by atoms with E-state index in [-0.39, 0.29) is 40.0 Å². The van der Waals surface area contributed by atoms with Gasteiger partial charge in [-0.2, -0.15) is 10.1 Å². The number of hydrogen-bond acceptors (Lipinski definition) is 7. The van der Waals surface area contributed by atoms with Gasteiger partial charge in [0.25, 0.3) is 11.5 Å². The molecule has 2 aliphatic rings. The van der Waals surface area contributed by atoms with Gasteiger partial charge >= 0.3 is 6.01 Å². The van der Waals surface area contributed by atoms with Gasteiger partial charge in [-0.3, -0.25) is 14.5 Å². The van der Waals surface area contributed by atoms with Crippen LogP contribution in [0.3, 0.4) is 0 Å². The molecule has 0 saturated carbocycles. The van der Waals surface area contributed by atoms with Crippen LogP contribution in [0.25, 0.3) is 5.69 Å². The Morgan fingerprint density at radius 1 is 1.12 bits per heavy atom. The minimum absolute atomic E-state index is 0.0132. The van der Waals surface area contributed by atoms with Gasteiger partial charge in [-0.1, -0.05) is 48.7 Å². The second-order valence-corrected chi connectivity index (χ2v) is 10.8. The highest BCUT2D eigenvalue weighted by Gasteiger charge is 2.46. The molecule has 0 aromatic carbocycles. The molecule has 40 heavy (non-hydrogen) atoms. The molecule has 0 fully saturated rings. The summed E-state index contributed by atoms with van der Waals surface area (Å²) in [5.74, 6) is -0.141. The smallest absolute Gasteiger partial charge is 0.319 e. The molecule has 4 heterocycles. The van der Waals surface area contributed by atoms with E-state index in [2.05, 4.69) is 9.97 Å². The van der Waals surface area contributed by atoms with Gasteiger partial charge in [0.15, 0.2) is 5.69 Å².